The van der Waals surface area contributed by atoms with Crippen LogP contribution in [0.5, 0.6) is 0 Å². The molecule has 7 heteroatoms. The van der Waals surface area contributed by atoms with E-state index in [-0.39, 0.29) is 18.1 Å². The molecule has 1 amide bonds. The lowest BCUT2D eigenvalue weighted by molar-refractivity contribution is -0.139. The highest BCUT2D eigenvalue weighted by atomic mass is 32.1. The van der Waals surface area contributed by atoms with Gasteiger partial charge in [0.1, 0.15) is 5.82 Å². The molecule has 1 aromatic carbocycles. The molecule has 1 aromatic heterocycles. The van der Waals surface area contributed by atoms with E-state index in [1.54, 1.807) is 13.0 Å². The highest BCUT2D eigenvalue weighted by molar-refractivity contribution is 7.21. The van der Waals surface area contributed by atoms with Gasteiger partial charge in [0.15, 0.2) is 0 Å². The molecule has 0 saturated carbocycles. The summed E-state index contributed by atoms with van der Waals surface area (Å²) in [5.74, 6) is -1.60. The van der Waals surface area contributed by atoms with E-state index in [0.29, 0.717) is 41.9 Å². The number of hydrogen-bond acceptors (Lipinski definition) is 4. The number of carboxylic acids is 1. The summed E-state index contributed by atoms with van der Waals surface area (Å²) in [4.78, 5) is 24.4. The van der Waals surface area contributed by atoms with Crippen LogP contribution in [0.4, 0.5) is 4.39 Å². The van der Waals surface area contributed by atoms with Crippen LogP contribution in [0.3, 0.4) is 0 Å². The van der Waals surface area contributed by atoms with Gasteiger partial charge in [-0.2, -0.15) is 0 Å². The third kappa shape index (κ3) is 3.27. The first-order valence-corrected chi connectivity index (χ1v) is 8.53. The molecule has 2 N–H and O–H groups in total. The number of carboxylic acid groups (broad SMARTS) is 1. The molecule has 0 bridgehead atoms. The number of carbonyl (C=O) groups excluding carboxylic acids is 1. The molecule has 0 unspecified atom stereocenters. The van der Waals surface area contributed by atoms with Crippen LogP contribution < -0.4 is 5.32 Å². The van der Waals surface area contributed by atoms with Gasteiger partial charge in [-0.05, 0) is 48.9 Å². The predicted octanol–water partition coefficient (Wildman–Crippen LogP) is 3.10. The Kier molecular flexibility index (Phi) is 4.56. The highest BCUT2D eigenvalue weighted by Crippen LogP contribution is 2.33. The van der Waals surface area contributed by atoms with Gasteiger partial charge < -0.3 is 15.2 Å². The Labute approximate surface area is 142 Å². The molecule has 2 heterocycles. The Morgan fingerprint density at radius 3 is 2.75 bits per heavy atom. The number of rotatable bonds is 4. The van der Waals surface area contributed by atoms with Crippen molar-refractivity contribution in [2.75, 3.05) is 13.2 Å². The van der Waals surface area contributed by atoms with Gasteiger partial charge >= 0.3 is 5.97 Å². The summed E-state index contributed by atoms with van der Waals surface area (Å²) in [6, 6.07) is 4.43. The second kappa shape index (κ2) is 6.49. The lowest BCUT2D eigenvalue weighted by Gasteiger charge is -2.36. The van der Waals surface area contributed by atoms with Gasteiger partial charge in [-0.15, -0.1) is 11.3 Å². The van der Waals surface area contributed by atoms with Crippen LogP contribution in [0.15, 0.2) is 18.2 Å². The van der Waals surface area contributed by atoms with E-state index in [9.17, 15) is 19.1 Å². The largest absolute Gasteiger partial charge is 0.481 e. The monoisotopic (exact) mass is 351 g/mol. The maximum atomic E-state index is 13.4. The maximum absolute atomic E-state index is 13.4. The Morgan fingerprint density at radius 2 is 2.08 bits per heavy atom. The van der Waals surface area contributed by atoms with Crippen molar-refractivity contribution < 1.29 is 23.8 Å². The van der Waals surface area contributed by atoms with E-state index in [4.69, 9.17) is 4.74 Å². The molecule has 2 aromatic rings. The number of thiophene rings is 1. The van der Waals surface area contributed by atoms with Crippen LogP contribution >= 0.6 is 11.3 Å². The molecule has 0 aliphatic carbocycles. The maximum Gasteiger partial charge on any atom is 0.305 e. The highest BCUT2D eigenvalue weighted by Gasteiger charge is 2.37. The standard InChI is InChI=1S/C17H18FNO4S/c1-10-12-8-11(18)2-3-13(12)24-15(10)16(22)19-17(9-14(20)21)4-6-23-7-5-17/h2-3,8H,4-7,9H2,1H3,(H,19,22)(H,20,21). The Morgan fingerprint density at radius 1 is 1.38 bits per heavy atom. The van der Waals surface area contributed by atoms with Crippen molar-refractivity contribution in [2.45, 2.75) is 31.7 Å². The molecule has 3 rings (SSSR count). The zero-order chi connectivity index (χ0) is 17.3. The molecular formula is C17H18FNO4S. The first-order chi connectivity index (χ1) is 11.4. The fourth-order valence-electron chi connectivity index (χ4n) is 3.10. The summed E-state index contributed by atoms with van der Waals surface area (Å²) in [6.45, 7) is 2.62. The van der Waals surface area contributed by atoms with Crippen LogP contribution in [0.25, 0.3) is 10.1 Å². The lowest BCUT2D eigenvalue weighted by atomic mass is 9.86. The molecular weight excluding hydrogens is 333 g/mol. The van der Waals surface area contributed by atoms with Crippen molar-refractivity contribution in [3.63, 3.8) is 0 Å². The lowest BCUT2D eigenvalue weighted by Crippen LogP contribution is -2.53. The molecule has 0 spiro atoms. The molecule has 128 valence electrons. The van der Waals surface area contributed by atoms with Crippen LogP contribution in [-0.2, 0) is 9.53 Å². The summed E-state index contributed by atoms with van der Waals surface area (Å²) in [5.41, 5.74) is -0.0841. The molecule has 24 heavy (non-hydrogen) atoms. The molecule has 0 radical (unpaired) electrons. The topological polar surface area (TPSA) is 75.6 Å². The average Bonchev–Trinajstić information content (AvgIpc) is 2.84. The van der Waals surface area contributed by atoms with E-state index in [0.717, 1.165) is 4.70 Å². The normalized spacial score (nSPS) is 16.9. The fraction of sp³-hybridized carbons (Fsp3) is 0.412. The number of nitrogens with one attached hydrogen (secondary N) is 1. The van der Waals surface area contributed by atoms with Gasteiger partial charge in [-0.1, -0.05) is 0 Å². The van der Waals surface area contributed by atoms with E-state index in [1.807, 2.05) is 0 Å². The zero-order valence-corrected chi connectivity index (χ0v) is 14.0. The number of ether oxygens (including phenoxy) is 1. The van der Waals surface area contributed by atoms with Crippen molar-refractivity contribution in [1.82, 2.24) is 5.32 Å². The number of benzene rings is 1. The minimum Gasteiger partial charge on any atom is -0.481 e. The minimum absolute atomic E-state index is 0.138. The van der Waals surface area contributed by atoms with Crippen LogP contribution in [0, 0.1) is 12.7 Å². The fourth-order valence-corrected chi connectivity index (χ4v) is 4.19. The SMILES string of the molecule is Cc1c(C(=O)NC2(CC(=O)O)CCOCC2)sc2ccc(F)cc12. The molecule has 5 nitrogen and oxygen atoms in total. The number of halogens is 1. The number of carbonyl (C=O) groups is 2. The van der Waals surface area contributed by atoms with Crippen molar-refractivity contribution in [3.8, 4) is 0 Å². The van der Waals surface area contributed by atoms with Gasteiger partial charge in [0.2, 0.25) is 0 Å². The van der Waals surface area contributed by atoms with Crippen molar-refractivity contribution >= 4 is 33.3 Å². The van der Waals surface area contributed by atoms with Gasteiger partial charge in [0.25, 0.3) is 5.91 Å². The number of aliphatic carboxylic acids is 1. The van der Waals surface area contributed by atoms with Crippen molar-refractivity contribution in [2.24, 2.45) is 0 Å². The van der Waals surface area contributed by atoms with Crippen molar-refractivity contribution in [1.29, 1.82) is 0 Å². The summed E-state index contributed by atoms with van der Waals surface area (Å²) in [5, 5.41) is 12.8. The minimum atomic E-state index is -0.952. The summed E-state index contributed by atoms with van der Waals surface area (Å²) in [6.07, 6.45) is 0.786. The Hall–Kier alpha value is -1.99. The molecule has 1 aliphatic heterocycles. The van der Waals surface area contributed by atoms with E-state index in [2.05, 4.69) is 5.32 Å². The molecule has 1 saturated heterocycles. The summed E-state index contributed by atoms with van der Waals surface area (Å²) >= 11 is 1.29. The summed E-state index contributed by atoms with van der Waals surface area (Å²) < 4.78 is 19.6. The van der Waals surface area contributed by atoms with Gasteiger partial charge in [-0.3, -0.25) is 9.59 Å². The zero-order valence-electron chi connectivity index (χ0n) is 13.2. The van der Waals surface area contributed by atoms with Gasteiger partial charge in [0, 0.05) is 17.9 Å². The third-order valence-corrected chi connectivity index (χ3v) is 5.69. The summed E-state index contributed by atoms with van der Waals surface area (Å²) in [7, 11) is 0. The quantitative estimate of drug-likeness (QED) is 0.887. The van der Waals surface area contributed by atoms with Crippen LogP contribution in [0.2, 0.25) is 0 Å². The Balaban J connectivity index is 1.90. The van der Waals surface area contributed by atoms with Crippen LogP contribution in [0.1, 0.15) is 34.5 Å². The molecule has 1 aliphatic rings. The first kappa shape index (κ1) is 16.9. The van der Waals surface area contributed by atoms with E-state index in [1.165, 1.54) is 23.5 Å². The van der Waals surface area contributed by atoms with Gasteiger partial charge in [-0.25, -0.2) is 4.39 Å². The average molecular weight is 351 g/mol. The first-order valence-electron chi connectivity index (χ1n) is 7.71. The van der Waals surface area contributed by atoms with E-state index < -0.39 is 11.5 Å². The smallest absolute Gasteiger partial charge is 0.305 e. The van der Waals surface area contributed by atoms with Crippen molar-refractivity contribution in [3.05, 3.63) is 34.5 Å². The third-order valence-electron chi connectivity index (χ3n) is 4.42. The molecule has 1 fully saturated rings. The van der Waals surface area contributed by atoms with Gasteiger partial charge in [0.05, 0.1) is 16.8 Å². The predicted molar refractivity (Wildman–Crippen MR) is 89.0 cm³/mol. The second-order valence-electron chi connectivity index (χ2n) is 6.11. The Bertz CT molecular complexity index is 795. The number of fused-ring (bicyclic) bond motifs is 1. The number of hydrogen-bond donors (Lipinski definition) is 2. The number of amides is 1. The number of aryl methyl sites for hydroxylation is 1. The van der Waals surface area contributed by atoms with Crippen LogP contribution in [-0.4, -0.2) is 35.7 Å². The second-order valence-corrected chi connectivity index (χ2v) is 7.17. The molecule has 0 atom stereocenters. The van der Waals surface area contributed by atoms with E-state index >= 15 is 0 Å².